The van der Waals surface area contributed by atoms with Crippen LogP contribution in [-0.2, 0) is 11.2 Å². The average molecular weight is 217 g/mol. The van der Waals surface area contributed by atoms with E-state index in [2.05, 4.69) is 10.2 Å². The molecule has 1 rings (SSSR count). The van der Waals surface area contributed by atoms with Crippen molar-refractivity contribution in [2.75, 3.05) is 0 Å². The minimum atomic E-state index is -1.12. The molecule has 1 aromatic rings. The van der Waals surface area contributed by atoms with Crippen LogP contribution in [0.25, 0.3) is 0 Å². The number of nitrogens with two attached hydrogens (primary N) is 1. The van der Waals surface area contributed by atoms with Crippen LogP contribution in [0.2, 0.25) is 0 Å². The Morgan fingerprint density at radius 1 is 1.67 bits per heavy atom. The maximum absolute atomic E-state index is 12.7. The molecule has 0 aliphatic carbocycles. The molecule has 1 unspecified atom stereocenters. The number of carbonyl (C=O) groups is 1. The number of H-pyrrole nitrogens is 1. The van der Waals surface area contributed by atoms with Crippen LogP contribution in [0.3, 0.4) is 0 Å². The molecule has 1 aromatic heterocycles. The average Bonchev–Trinajstić information content (AvgIpc) is 2.52. The summed E-state index contributed by atoms with van der Waals surface area (Å²) in [6.07, 6.45) is 0.0537. The van der Waals surface area contributed by atoms with Crippen molar-refractivity contribution < 1.29 is 14.3 Å². The summed E-state index contributed by atoms with van der Waals surface area (Å²) in [6, 6.07) is -1.03. The van der Waals surface area contributed by atoms with Crippen molar-refractivity contribution in [1.29, 1.82) is 0 Å². The van der Waals surface area contributed by atoms with Gasteiger partial charge in [-0.1, -0.05) is 13.8 Å². The van der Waals surface area contributed by atoms with Crippen molar-refractivity contribution in [1.82, 2.24) is 10.2 Å². The van der Waals surface area contributed by atoms with Gasteiger partial charge in [0.05, 0.1) is 0 Å². The van der Waals surface area contributed by atoms with Crippen molar-refractivity contribution in [2.45, 2.75) is 33.2 Å². The molecule has 6 heteroatoms. The molecule has 0 aromatic carbocycles. The second-order valence-electron chi connectivity index (χ2n) is 2.77. The maximum atomic E-state index is 12.7. The van der Waals surface area contributed by atoms with E-state index in [9.17, 15) is 9.18 Å². The highest BCUT2D eigenvalue weighted by Gasteiger charge is 2.16. The van der Waals surface area contributed by atoms with E-state index in [0.29, 0.717) is 11.3 Å². The second kappa shape index (κ2) is 6.13. The van der Waals surface area contributed by atoms with Crippen molar-refractivity contribution in [3.8, 4) is 0 Å². The Labute approximate surface area is 87.5 Å². The standard InChI is InChI=1S/C7H10FN3O2.C2H6/c1-3-5(10-11-6(3)8)2-4(9)7(12)13;1-2/h4H,2,9H2,1H3,(H,10,11)(H,12,13);1-2H3. The molecule has 0 aliphatic heterocycles. The Morgan fingerprint density at radius 3 is 2.53 bits per heavy atom. The SMILES string of the molecule is CC.Cc1c(F)n[nH]c1CC(N)C(=O)O. The Balaban J connectivity index is 0.000000921. The molecule has 1 heterocycles. The Morgan fingerprint density at radius 2 is 2.20 bits per heavy atom. The number of carboxylic acid groups (broad SMARTS) is 1. The zero-order chi connectivity index (χ0) is 12.0. The molecule has 0 radical (unpaired) electrons. The van der Waals surface area contributed by atoms with E-state index in [0.717, 1.165) is 0 Å². The van der Waals surface area contributed by atoms with Crippen LogP contribution in [0.1, 0.15) is 25.1 Å². The summed E-state index contributed by atoms with van der Waals surface area (Å²) in [5, 5.41) is 14.2. The summed E-state index contributed by atoms with van der Waals surface area (Å²) in [5.74, 6) is -1.73. The number of hydrogen-bond acceptors (Lipinski definition) is 3. The lowest BCUT2D eigenvalue weighted by Crippen LogP contribution is -2.32. The Bertz CT molecular complexity index is 325. The van der Waals surface area contributed by atoms with Gasteiger partial charge in [0.1, 0.15) is 6.04 Å². The van der Waals surface area contributed by atoms with Gasteiger partial charge >= 0.3 is 5.97 Å². The summed E-state index contributed by atoms with van der Waals surface area (Å²) in [7, 11) is 0. The second-order valence-corrected chi connectivity index (χ2v) is 2.77. The third kappa shape index (κ3) is 3.67. The summed E-state index contributed by atoms with van der Waals surface area (Å²) < 4.78 is 12.7. The lowest BCUT2D eigenvalue weighted by atomic mass is 10.1. The van der Waals surface area contributed by atoms with Crippen LogP contribution in [0.5, 0.6) is 0 Å². The first-order valence-electron chi connectivity index (χ1n) is 4.70. The molecule has 0 fully saturated rings. The van der Waals surface area contributed by atoms with Gasteiger partial charge in [-0.3, -0.25) is 9.89 Å². The van der Waals surface area contributed by atoms with Gasteiger partial charge in [-0.2, -0.15) is 4.39 Å². The summed E-state index contributed by atoms with van der Waals surface area (Å²) in [6.45, 7) is 5.52. The van der Waals surface area contributed by atoms with Crippen LogP contribution in [0.15, 0.2) is 0 Å². The number of rotatable bonds is 3. The largest absolute Gasteiger partial charge is 0.480 e. The molecule has 0 bridgehead atoms. The molecular formula is C9H16FN3O2. The quantitative estimate of drug-likeness (QED) is 0.699. The predicted molar refractivity (Wildman–Crippen MR) is 53.9 cm³/mol. The van der Waals surface area contributed by atoms with Crippen LogP contribution in [0, 0.1) is 12.9 Å². The molecule has 86 valence electrons. The Kier molecular flexibility index (Phi) is 5.54. The van der Waals surface area contributed by atoms with E-state index in [1.165, 1.54) is 6.92 Å². The van der Waals surface area contributed by atoms with E-state index in [1.807, 2.05) is 13.8 Å². The zero-order valence-corrected chi connectivity index (χ0v) is 9.04. The molecule has 0 saturated carbocycles. The van der Waals surface area contributed by atoms with Crippen molar-refractivity contribution in [3.05, 3.63) is 17.2 Å². The van der Waals surface area contributed by atoms with Crippen LogP contribution in [0.4, 0.5) is 4.39 Å². The van der Waals surface area contributed by atoms with Gasteiger partial charge in [0.25, 0.3) is 0 Å². The monoisotopic (exact) mass is 217 g/mol. The number of carboxylic acids is 1. The fourth-order valence-corrected chi connectivity index (χ4v) is 0.915. The van der Waals surface area contributed by atoms with E-state index in [1.54, 1.807) is 0 Å². The van der Waals surface area contributed by atoms with Gasteiger partial charge in [0.2, 0.25) is 5.95 Å². The predicted octanol–water partition coefficient (Wildman–Crippen LogP) is 0.838. The summed E-state index contributed by atoms with van der Waals surface area (Å²) in [5.41, 5.74) is 6.00. The third-order valence-electron chi connectivity index (χ3n) is 1.79. The number of aromatic nitrogens is 2. The summed E-state index contributed by atoms with van der Waals surface area (Å²) >= 11 is 0. The van der Waals surface area contributed by atoms with Crippen molar-refractivity contribution in [2.24, 2.45) is 5.73 Å². The van der Waals surface area contributed by atoms with Crippen LogP contribution >= 0.6 is 0 Å². The molecule has 0 spiro atoms. The number of aliphatic carboxylic acids is 1. The van der Waals surface area contributed by atoms with Crippen molar-refractivity contribution >= 4 is 5.97 Å². The molecule has 4 N–H and O–H groups in total. The number of aromatic amines is 1. The van der Waals surface area contributed by atoms with E-state index in [-0.39, 0.29) is 6.42 Å². The van der Waals surface area contributed by atoms with Gasteiger partial charge in [0.15, 0.2) is 0 Å². The first-order chi connectivity index (χ1) is 7.02. The van der Waals surface area contributed by atoms with Crippen LogP contribution < -0.4 is 5.73 Å². The highest BCUT2D eigenvalue weighted by Crippen LogP contribution is 2.09. The van der Waals surface area contributed by atoms with Gasteiger partial charge in [-0.05, 0) is 6.92 Å². The normalized spacial score (nSPS) is 11.5. The topological polar surface area (TPSA) is 92.0 Å². The van der Waals surface area contributed by atoms with Crippen molar-refractivity contribution in [3.63, 3.8) is 0 Å². The molecule has 1 atom stereocenters. The lowest BCUT2D eigenvalue weighted by molar-refractivity contribution is -0.138. The first kappa shape index (κ1) is 13.6. The van der Waals surface area contributed by atoms with Gasteiger partial charge in [-0.15, -0.1) is 5.10 Å². The highest BCUT2D eigenvalue weighted by atomic mass is 19.1. The Hall–Kier alpha value is -1.43. The van der Waals surface area contributed by atoms with E-state index < -0.39 is 18.0 Å². The van der Waals surface area contributed by atoms with E-state index >= 15 is 0 Å². The fourth-order valence-electron chi connectivity index (χ4n) is 0.915. The lowest BCUT2D eigenvalue weighted by Gasteiger charge is -2.03. The van der Waals surface area contributed by atoms with Gasteiger partial charge < -0.3 is 10.8 Å². The summed E-state index contributed by atoms with van der Waals surface area (Å²) in [4.78, 5) is 10.4. The minimum Gasteiger partial charge on any atom is -0.480 e. The van der Waals surface area contributed by atoms with Crippen LogP contribution in [-0.4, -0.2) is 27.3 Å². The number of hydrogen-bond donors (Lipinski definition) is 3. The molecule has 5 nitrogen and oxygen atoms in total. The molecule has 0 aliphatic rings. The third-order valence-corrected chi connectivity index (χ3v) is 1.79. The first-order valence-corrected chi connectivity index (χ1v) is 4.70. The number of halogens is 1. The molecule has 0 saturated heterocycles. The maximum Gasteiger partial charge on any atom is 0.320 e. The van der Waals surface area contributed by atoms with E-state index in [4.69, 9.17) is 10.8 Å². The molecular weight excluding hydrogens is 201 g/mol. The fraction of sp³-hybridized carbons (Fsp3) is 0.556. The van der Waals surface area contributed by atoms with Gasteiger partial charge in [-0.25, -0.2) is 0 Å². The minimum absolute atomic E-state index is 0.0537. The number of nitrogens with zero attached hydrogens (tertiary/aromatic N) is 1. The molecule has 15 heavy (non-hydrogen) atoms. The number of nitrogens with one attached hydrogen (secondary N) is 1. The zero-order valence-electron chi connectivity index (χ0n) is 9.04. The highest BCUT2D eigenvalue weighted by molar-refractivity contribution is 5.73. The van der Waals surface area contributed by atoms with Gasteiger partial charge in [0, 0.05) is 17.7 Å². The molecule has 0 amide bonds. The smallest absolute Gasteiger partial charge is 0.320 e.